The number of carbonyl (C=O) groups excluding carboxylic acids is 1. The predicted molar refractivity (Wildman–Crippen MR) is 88.9 cm³/mol. The van der Waals surface area contributed by atoms with E-state index in [1.807, 2.05) is 43.3 Å². The Morgan fingerprint density at radius 3 is 2.82 bits per heavy atom. The van der Waals surface area contributed by atoms with Gasteiger partial charge in [-0.25, -0.2) is 0 Å². The first kappa shape index (κ1) is 16.3. The summed E-state index contributed by atoms with van der Waals surface area (Å²) in [6, 6.07) is 12.0. The third kappa shape index (κ3) is 5.37. The van der Waals surface area contributed by atoms with Crippen LogP contribution >= 0.6 is 0 Å². The van der Waals surface area contributed by atoms with Crippen LogP contribution in [0.15, 0.2) is 47.1 Å². The van der Waals surface area contributed by atoms with Gasteiger partial charge in [0.05, 0.1) is 6.26 Å². The molecule has 2 aromatic rings. The molecule has 22 heavy (non-hydrogen) atoms. The van der Waals surface area contributed by atoms with E-state index in [4.69, 9.17) is 4.42 Å². The van der Waals surface area contributed by atoms with E-state index in [2.05, 4.69) is 17.6 Å². The van der Waals surface area contributed by atoms with Gasteiger partial charge in [-0.2, -0.15) is 0 Å². The van der Waals surface area contributed by atoms with Crippen LogP contribution in [0, 0.1) is 6.92 Å². The van der Waals surface area contributed by atoms with Gasteiger partial charge in [-0.05, 0) is 43.2 Å². The van der Waals surface area contributed by atoms with Gasteiger partial charge in [0.2, 0.25) is 5.91 Å². The molecule has 0 aliphatic rings. The van der Waals surface area contributed by atoms with Gasteiger partial charge in [-0.15, -0.1) is 0 Å². The van der Waals surface area contributed by atoms with Crippen LogP contribution in [0.3, 0.4) is 0 Å². The molecule has 1 atom stereocenters. The van der Waals surface area contributed by atoms with Crippen molar-refractivity contribution in [2.45, 2.75) is 39.2 Å². The lowest BCUT2D eigenvalue weighted by atomic mass is 10.1. The lowest BCUT2D eigenvalue weighted by Crippen LogP contribution is -2.33. The molecular weight excluding hydrogens is 276 g/mol. The predicted octanol–water partition coefficient (Wildman–Crippen LogP) is 3.53. The minimum absolute atomic E-state index is 0.0333. The molecule has 0 saturated carbocycles. The van der Waals surface area contributed by atoms with Crippen molar-refractivity contribution in [3.05, 3.63) is 54.0 Å². The van der Waals surface area contributed by atoms with Crippen LogP contribution < -0.4 is 10.6 Å². The third-order valence-electron chi connectivity index (χ3n) is 3.61. The number of hydrogen-bond acceptors (Lipinski definition) is 3. The molecule has 0 aliphatic carbocycles. The summed E-state index contributed by atoms with van der Waals surface area (Å²) in [5.74, 6) is 1.01. The SMILES string of the molecule is CCC(Cc1ccco1)NCCC(=O)Nc1cccc(C)c1. The Balaban J connectivity index is 1.71. The van der Waals surface area contributed by atoms with Gasteiger partial charge in [0, 0.05) is 31.1 Å². The second-order valence-corrected chi connectivity index (χ2v) is 5.51. The molecule has 1 unspecified atom stereocenters. The molecule has 0 fully saturated rings. The summed E-state index contributed by atoms with van der Waals surface area (Å²) in [5.41, 5.74) is 1.99. The monoisotopic (exact) mass is 300 g/mol. The average molecular weight is 300 g/mol. The normalized spacial score (nSPS) is 12.1. The number of rotatable bonds is 8. The molecule has 1 aromatic heterocycles. The maximum absolute atomic E-state index is 11.9. The summed E-state index contributed by atoms with van der Waals surface area (Å²) < 4.78 is 5.36. The molecule has 2 N–H and O–H groups in total. The molecule has 0 spiro atoms. The van der Waals surface area contributed by atoms with Crippen molar-refractivity contribution in [1.82, 2.24) is 5.32 Å². The fourth-order valence-corrected chi connectivity index (χ4v) is 2.37. The molecule has 2 rings (SSSR count). The number of benzene rings is 1. The van der Waals surface area contributed by atoms with Gasteiger partial charge in [-0.1, -0.05) is 19.1 Å². The summed E-state index contributed by atoms with van der Waals surface area (Å²) in [5, 5.41) is 6.34. The molecule has 118 valence electrons. The number of anilines is 1. The van der Waals surface area contributed by atoms with Gasteiger partial charge in [0.25, 0.3) is 0 Å². The van der Waals surface area contributed by atoms with Crippen LogP contribution in [0.4, 0.5) is 5.69 Å². The first-order chi connectivity index (χ1) is 10.7. The van der Waals surface area contributed by atoms with Gasteiger partial charge in [-0.3, -0.25) is 4.79 Å². The smallest absolute Gasteiger partial charge is 0.225 e. The molecule has 4 heteroatoms. The molecule has 1 aromatic carbocycles. The zero-order chi connectivity index (χ0) is 15.8. The molecule has 1 heterocycles. The zero-order valence-electron chi connectivity index (χ0n) is 13.3. The third-order valence-corrected chi connectivity index (χ3v) is 3.61. The summed E-state index contributed by atoms with van der Waals surface area (Å²) in [6.45, 7) is 4.81. The van der Waals surface area contributed by atoms with E-state index in [-0.39, 0.29) is 5.91 Å². The van der Waals surface area contributed by atoms with Crippen molar-refractivity contribution in [2.75, 3.05) is 11.9 Å². The van der Waals surface area contributed by atoms with Gasteiger partial charge < -0.3 is 15.1 Å². The molecule has 4 nitrogen and oxygen atoms in total. The maximum Gasteiger partial charge on any atom is 0.225 e. The van der Waals surface area contributed by atoms with Crippen LogP contribution in [0.1, 0.15) is 31.1 Å². The summed E-state index contributed by atoms with van der Waals surface area (Å²) in [4.78, 5) is 11.9. The van der Waals surface area contributed by atoms with Crippen LogP contribution in [-0.4, -0.2) is 18.5 Å². The second kappa shape index (κ2) is 8.39. The zero-order valence-corrected chi connectivity index (χ0v) is 13.3. The van der Waals surface area contributed by atoms with E-state index >= 15 is 0 Å². The Bertz CT molecular complexity index is 579. The number of aryl methyl sites for hydroxylation is 1. The molecule has 0 bridgehead atoms. The van der Waals surface area contributed by atoms with Crippen LogP contribution in [0.5, 0.6) is 0 Å². The minimum atomic E-state index is 0.0333. The highest BCUT2D eigenvalue weighted by Gasteiger charge is 2.09. The van der Waals surface area contributed by atoms with Crippen molar-refractivity contribution in [3.63, 3.8) is 0 Å². The Kier molecular flexibility index (Phi) is 6.22. The standard InChI is InChI=1S/C18H24N2O2/c1-3-15(13-17-8-5-11-22-17)19-10-9-18(21)20-16-7-4-6-14(2)12-16/h4-8,11-12,15,19H,3,9-10,13H2,1-2H3,(H,20,21). The number of nitrogens with one attached hydrogen (secondary N) is 2. The van der Waals surface area contributed by atoms with E-state index in [1.165, 1.54) is 0 Å². The Morgan fingerprint density at radius 1 is 1.27 bits per heavy atom. The molecule has 0 saturated heterocycles. The van der Waals surface area contributed by atoms with Gasteiger partial charge in [0.1, 0.15) is 5.76 Å². The van der Waals surface area contributed by atoms with E-state index in [0.29, 0.717) is 19.0 Å². The molecule has 1 amide bonds. The van der Waals surface area contributed by atoms with E-state index in [0.717, 1.165) is 29.9 Å². The quantitative estimate of drug-likeness (QED) is 0.784. The lowest BCUT2D eigenvalue weighted by Gasteiger charge is -2.15. The van der Waals surface area contributed by atoms with Crippen molar-refractivity contribution in [2.24, 2.45) is 0 Å². The van der Waals surface area contributed by atoms with Crippen molar-refractivity contribution < 1.29 is 9.21 Å². The highest BCUT2D eigenvalue weighted by atomic mass is 16.3. The molecule has 0 radical (unpaired) electrons. The highest BCUT2D eigenvalue weighted by molar-refractivity contribution is 5.90. The molecule has 0 aliphatic heterocycles. The van der Waals surface area contributed by atoms with Crippen molar-refractivity contribution in [1.29, 1.82) is 0 Å². The number of furan rings is 1. The first-order valence-electron chi connectivity index (χ1n) is 7.79. The lowest BCUT2D eigenvalue weighted by molar-refractivity contribution is -0.116. The maximum atomic E-state index is 11.9. The summed E-state index contributed by atoms with van der Waals surface area (Å²) in [7, 11) is 0. The number of carbonyl (C=O) groups is 1. The fourth-order valence-electron chi connectivity index (χ4n) is 2.37. The Labute approximate surface area is 131 Å². The van der Waals surface area contributed by atoms with Crippen molar-refractivity contribution >= 4 is 11.6 Å². The summed E-state index contributed by atoms with van der Waals surface area (Å²) in [6.07, 6.45) is 4.00. The van der Waals surface area contributed by atoms with Crippen LogP contribution in [0.2, 0.25) is 0 Å². The Hall–Kier alpha value is -2.07. The van der Waals surface area contributed by atoms with E-state index in [1.54, 1.807) is 6.26 Å². The largest absolute Gasteiger partial charge is 0.469 e. The van der Waals surface area contributed by atoms with Crippen LogP contribution in [-0.2, 0) is 11.2 Å². The van der Waals surface area contributed by atoms with Crippen molar-refractivity contribution in [3.8, 4) is 0 Å². The average Bonchev–Trinajstić information content (AvgIpc) is 2.99. The van der Waals surface area contributed by atoms with Gasteiger partial charge in [0.15, 0.2) is 0 Å². The Morgan fingerprint density at radius 2 is 2.14 bits per heavy atom. The van der Waals surface area contributed by atoms with Crippen LogP contribution in [0.25, 0.3) is 0 Å². The highest BCUT2D eigenvalue weighted by Crippen LogP contribution is 2.10. The first-order valence-corrected chi connectivity index (χ1v) is 7.79. The number of amides is 1. The topological polar surface area (TPSA) is 54.3 Å². The van der Waals surface area contributed by atoms with E-state index < -0.39 is 0 Å². The van der Waals surface area contributed by atoms with Gasteiger partial charge >= 0.3 is 0 Å². The number of hydrogen-bond donors (Lipinski definition) is 2. The molecular formula is C18H24N2O2. The van der Waals surface area contributed by atoms with E-state index in [9.17, 15) is 4.79 Å². The minimum Gasteiger partial charge on any atom is -0.469 e. The summed E-state index contributed by atoms with van der Waals surface area (Å²) >= 11 is 0. The second-order valence-electron chi connectivity index (χ2n) is 5.51. The fraction of sp³-hybridized carbons (Fsp3) is 0.389.